The van der Waals surface area contributed by atoms with E-state index in [9.17, 15) is 10.1 Å². The molecule has 0 bridgehead atoms. The third-order valence-electron chi connectivity index (χ3n) is 7.35. The van der Waals surface area contributed by atoms with Gasteiger partial charge in [-0.2, -0.15) is 5.26 Å². The Morgan fingerprint density at radius 3 is 2.79 bits per heavy atom. The minimum atomic E-state index is -0.168. The number of fused-ring (bicyclic) bond motifs is 2. The number of aromatic amines is 1. The molecular weight excluding hydrogens is 432 g/mol. The van der Waals surface area contributed by atoms with Gasteiger partial charge in [-0.3, -0.25) is 9.69 Å². The lowest BCUT2D eigenvalue weighted by molar-refractivity contribution is 0.0836. The van der Waals surface area contributed by atoms with Crippen molar-refractivity contribution in [2.45, 2.75) is 57.0 Å². The molecule has 1 aliphatic heterocycles. The lowest BCUT2D eigenvalue weighted by Crippen LogP contribution is -2.51. The summed E-state index contributed by atoms with van der Waals surface area (Å²) >= 11 is 6.11. The number of halogens is 1. The number of nitriles is 1. The maximum absolute atomic E-state index is 13.2. The Morgan fingerprint density at radius 2 is 1.97 bits per heavy atom. The molecule has 0 saturated heterocycles. The number of carbonyl (C=O) groups is 1. The molecule has 1 amide bonds. The Kier molecular flexibility index (Phi) is 6.14. The van der Waals surface area contributed by atoms with E-state index in [1.165, 1.54) is 17.5 Å². The smallest absolute Gasteiger partial charge is 0.268 e. The molecule has 2 heterocycles. The maximum Gasteiger partial charge on any atom is 0.268 e. The van der Waals surface area contributed by atoms with E-state index in [1.54, 1.807) is 0 Å². The van der Waals surface area contributed by atoms with Gasteiger partial charge in [0.05, 0.1) is 11.6 Å². The Morgan fingerprint density at radius 1 is 1.12 bits per heavy atom. The second-order valence-electron chi connectivity index (χ2n) is 9.58. The van der Waals surface area contributed by atoms with Crippen molar-refractivity contribution < 1.29 is 4.79 Å². The first-order valence-electron chi connectivity index (χ1n) is 11.9. The number of amides is 1. The van der Waals surface area contributed by atoms with Gasteiger partial charge in [0.25, 0.3) is 5.91 Å². The van der Waals surface area contributed by atoms with Gasteiger partial charge in [-0.25, -0.2) is 0 Å². The van der Waals surface area contributed by atoms with Crippen LogP contribution in [0.2, 0.25) is 5.02 Å². The monoisotopic (exact) mass is 460 g/mol. The summed E-state index contributed by atoms with van der Waals surface area (Å²) in [7, 11) is 0. The third kappa shape index (κ3) is 4.78. The van der Waals surface area contributed by atoms with E-state index in [0.29, 0.717) is 10.7 Å². The number of aromatic nitrogens is 1. The number of rotatable bonds is 5. The van der Waals surface area contributed by atoms with E-state index in [4.69, 9.17) is 11.6 Å². The molecule has 5 rings (SSSR count). The summed E-state index contributed by atoms with van der Waals surface area (Å²) in [6, 6.07) is 15.8. The number of hydrogen-bond donors (Lipinski definition) is 2. The highest BCUT2D eigenvalue weighted by atomic mass is 35.5. The van der Waals surface area contributed by atoms with E-state index in [1.807, 2.05) is 36.4 Å². The average molecular weight is 461 g/mol. The fraction of sp³-hybridized carbons (Fsp3) is 0.407. The molecule has 0 radical (unpaired) electrons. The van der Waals surface area contributed by atoms with Crippen molar-refractivity contribution in [3.63, 3.8) is 0 Å². The summed E-state index contributed by atoms with van der Waals surface area (Å²) in [5, 5.41) is 14.3. The first kappa shape index (κ1) is 22.0. The number of carbonyl (C=O) groups excluding carboxylic acids is 1. The van der Waals surface area contributed by atoms with Gasteiger partial charge in [0.15, 0.2) is 0 Å². The molecule has 3 aromatic rings. The predicted octanol–water partition coefficient (Wildman–Crippen LogP) is 5.57. The lowest BCUT2D eigenvalue weighted by Gasteiger charge is -2.40. The largest absolute Gasteiger partial charge is 0.350 e. The summed E-state index contributed by atoms with van der Waals surface area (Å²) in [4.78, 5) is 18.9. The standard InChI is InChI=1S/C27H29ClN4O/c28-23-7-6-21-15-25(30-24(21)16-23)26(33)31-27(9-2-1-3-10-27)11-13-32-12-8-20-5-4-19(17-29)14-22(20)18-32/h4-7,14-16,30H,1-3,8-13,18H2,(H,31,33). The van der Waals surface area contributed by atoms with Gasteiger partial charge in [-0.05, 0) is 67.1 Å². The van der Waals surface area contributed by atoms with Crippen molar-refractivity contribution in [1.82, 2.24) is 15.2 Å². The molecule has 1 aromatic heterocycles. The highest BCUT2D eigenvalue weighted by molar-refractivity contribution is 6.31. The predicted molar refractivity (Wildman–Crippen MR) is 131 cm³/mol. The van der Waals surface area contributed by atoms with Crippen LogP contribution in [0, 0.1) is 11.3 Å². The molecule has 0 atom stereocenters. The summed E-state index contributed by atoms with van der Waals surface area (Å²) < 4.78 is 0. The minimum Gasteiger partial charge on any atom is -0.350 e. The van der Waals surface area contributed by atoms with Crippen molar-refractivity contribution in [1.29, 1.82) is 5.26 Å². The fourth-order valence-electron chi connectivity index (χ4n) is 5.44. The number of nitrogens with one attached hydrogen (secondary N) is 2. The van der Waals surface area contributed by atoms with Crippen LogP contribution in [0.3, 0.4) is 0 Å². The average Bonchev–Trinajstić information content (AvgIpc) is 3.26. The van der Waals surface area contributed by atoms with Crippen LogP contribution in [0.15, 0.2) is 42.5 Å². The van der Waals surface area contributed by atoms with Gasteiger partial charge >= 0.3 is 0 Å². The zero-order valence-electron chi connectivity index (χ0n) is 18.8. The molecule has 2 aromatic carbocycles. The van der Waals surface area contributed by atoms with Gasteiger partial charge < -0.3 is 10.3 Å². The van der Waals surface area contributed by atoms with Crippen molar-refractivity contribution in [2.24, 2.45) is 0 Å². The minimum absolute atomic E-state index is 0.0353. The van der Waals surface area contributed by atoms with Crippen LogP contribution >= 0.6 is 11.6 Å². The van der Waals surface area contributed by atoms with E-state index in [2.05, 4.69) is 27.3 Å². The molecule has 2 aliphatic rings. The Hall–Kier alpha value is -2.81. The second kappa shape index (κ2) is 9.21. The van der Waals surface area contributed by atoms with Gasteiger partial charge in [-0.15, -0.1) is 0 Å². The van der Waals surface area contributed by atoms with Crippen LogP contribution in [-0.2, 0) is 13.0 Å². The fourth-order valence-corrected chi connectivity index (χ4v) is 5.62. The van der Waals surface area contributed by atoms with Crippen molar-refractivity contribution in [2.75, 3.05) is 13.1 Å². The zero-order valence-corrected chi connectivity index (χ0v) is 19.5. The summed E-state index contributed by atoms with van der Waals surface area (Å²) in [6.45, 7) is 2.84. The molecule has 170 valence electrons. The van der Waals surface area contributed by atoms with Gasteiger partial charge in [-0.1, -0.05) is 43.0 Å². The topological polar surface area (TPSA) is 71.9 Å². The second-order valence-corrected chi connectivity index (χ2v) is 10.0. The molecular formula is C27H29ClN4O. The molecule has 6 heteroatoms. The van der Waals surface area contributed by atoms with Crippen LogP contribution in [0.1, 0.15) is 65.7 Å². The number of hydrogen-bond acceptors (Lipinski definition) is 3. The van der Waals surface area contributed by atoms with Crippen LogP contribution in [0.5, 0.6) is 0 Å². The number of benzene rings is 2. The Balaban J connectivity index is 1.28. The Labute approximate surface area is 199 Å². The van der Waals surface area contributed by atoms with Gasteiger partial charge in [0.1, 0.15) is 5.69 Å². The van der Waals surface area contributed by atoms with Crippen LogP contribution in [-0.4, -0.2) is 34.4 Å². The highest BCUT2D eigenvalue weighted by Gasteiger charge is 2.34. The third-order valence-corrected chi connectivity index (χ3v) is 7.59. The molecule has 1 fully saturated rings. The summed E-state index contributed by atoms with van der Waals surface area (Å²) in [5.41, 5.74) is 4.65. The molecule has 0 unspecified atom stereocenters. The van der Waals surface area contributed by atoms with E-state index < -0.39 is 0 Å². The highest BCUT2D eigenvalue weighted by Crippen LogP contribution is 2.33. The number of H-pyrrole nitrogens is 1. The SMILES string of the molecule is N#Cc1ccc2c(c1)CN(CCC1(NC(=O)c3cc4ccc(Cl)cc4[nH]3)CCCCC1)CC2. The maximum atomic E-state index is 13.2. The number of nitrogens with zero attached hydrogens (tertiary/aromatic N) is 2. The first-order chi connectivity index (χ1) is 16.0. The molecule has 2 N–H and O–H groups in total. The lowest BCUT2D eigenvalue weighted by atomic mass is 9.79. The molecule has 1 aliphatic carbocycles. The summed E-state index contributed by atoms with van der Waals surface area (Å²) in [6.07, 6.45) is 7.53. The zero-order chi connectivity index (χ0) is 22.8. The van der Waals surface area contributed by atoms with Crippen LogP contribution in [0.4, 0.5) is 0 Å². The molecule has 1 saturated carbocycles. The van der Waals surface area contributed by atoms with Gasteiger partial charge in [0.2, 0.25) is 0 Å². The Bertz CT molecular complexity index is 1220. The van der Waals surface area contributed by atoms with Crippen molar-refractivity contribution >= 4 is 28.4 Å². The summed E-state index contributed by atoms with van der Waals surface area (Å²) in [5.74, 6) is -0.0353. The van der Waals surface area contributed by atoms with Crippen LogP contribution in [0.25, 0.3) is 10.9 Å². The van der Waals surface area contributed by atoms with Crippen molar-refractivity contribution in [3.8, 4) is 6.07 Å². The van der Waals surface area contributed by atoms with Gasteiger partial charge in [0, 0.05) is 41.1 Å². The first-order valence-corrected chi connectivity index (χ1v) is 12.3. The van der Waals surface area contributed by atoms with E-state index in [0.717, 1.165) is 74.6 Å². The quantitative estimate of drug-likeness (QED) is 0.522. The van der Waals surface area contributed by atoms with Crippen molar-refractivity contribution in [3.05, 3.63) is 69.9 Å². The molecule has 5 nitrogen and oxygen atoms in total. The van der Waals surface area contributed by atoms with E-state index >= 15 is 0 Å². The molecule has 0 spiro atoms. The van der Waals surface area contributed by atoms with E-state index in [-0.39, 0.29) is 11.4 Å². The normalized spacial score (nSPS) is 17.9. The molecule has 33 heavy (non-hydrogen) atoms. The van der Waals surface area contributed by atoms with Crippen LogP contribution < -0.4 is 5.32 Å².